The van der Waals surface area contributed by atoms with Crippen LogP contribution in [-0.2, 0) is 4.57 Å². The molecule has 9 nitrogen and oxygen atoms in total. The summed E-state index contributed by atoms with van der Waals surface area (Å²) in [4.78, 5) is 39.7. The van der Waals surface area contributed by atoms with Gasteiger partial charge in [0, 0.05) is 6.20 Å². The largest absolute Gasteiger partial charge is 0.369 e. The summed E-state index contributed by atoms with van der Waals surface area (Å²) in [5.74, 6) is 0.177. The Bertz CT molecular complexity index is 833. The Morgan fingerprint density at radius 3 is 3.05 bits per heavy atom. The molecule has 5 N–H and O–H groups in total. The normalized spacial score (nSPS) is 20.3. The molecule has 0 saturated heterocycles. The molecule has 2 aromatic rings. The van der Waals surface area contributed by atoms with Crippen LogP contribution in [0.25, 0.3) is 17.4 Å². The number of aromatic nitrogens is 4. The highest BCUT2D eigenvalue weighted by molar-refractivity contribution is 7.51. The van der Waals surface area contributed by atoms with Gasteiger partial charge < -0.3 is 15.5 Å². The minimum absolute atomic E-state index is 0.0153. The molecule has 1 saturated carbocycles. The van der Waals surface area contributed by atoms with Gasteiger partial charge in [0.1, 0.15) is 6.33 Å². The van der Waals surface area contributed by atoms with Gasteiger partial charge in [0.05, 0.1) is 6.16 Å². The molecule has 10 heteroatoms. The smallest absolute Gasteiger partial charge is 0.325 e. The van der Waals surface area contributed by atoms with Crippen LogP contribution in [0.15, 0.2) is 16.7 Å². The fourth-order valence-corrected chi connectivity index (χ4v) is 2.86. The molecule has 112 valence electrons. The highest BCUT2D eigenvalue weighted by Crippen LogP contribution is 2.46. The summed E-state index contributed by atoms with van der Waals surface area (Å²) in [6, 6.07) is 0. The van der Waals surface area contributed by atoms with E-state index in [9.17, 15) is 9.36 Å². The zero-order valence-electron chi connectivity index (χ0n) is 10.9. The monoisotopic (exact) mass is 311 g/mol. The SMILES string of the molecule is Nc1nc2c(ncn2/C=C2/CC2CCP(=O)(O)O)c(=O)[nH]1. The van der Waals surface area contributed by atoms with Crippen molar-refractivity contribution in [3.05, 3.63) is 22.3 Å². The summed E-state index contributed by atoms with van der Waals surface area (Å²) in [5.41, 5.74) is 6.72. The summed E-state index contributed by atoms with van der Waals surface area (Å²) < 4.78 is 12.4. The van der Waals surface area contributed by atoms with Gasteiger partial charge in [0.2, 0.25) is 5.95 Å². The molecule has 2 aromatic heterocycles. The van der Waals surface area contributed by atoms with E-state index >= 15 is 0 Å². The molecular formula is C11H14N5O4P. The van der Waals surface area contributed by atoms with Crippen LogP contribution < -0.4 is 11.3 Å². The molecule has 3 rings (SSSR count). The maximum Gasteiger partial charge on any atom is 0.325 e. The first-order valence-corrected chi connectivity index (χ1v) is 8.11. The number of allylic oxidation sites excluding steroid dienone is 1. The number of rotatable bonds is 4. The molecule has 1 aliphatic rings. The Balaban J connectivity index is 1.82. The molecule has 0 bridgehead atoms. The lowest BCUT2D eigenvalue weighted by Gasteiger charge is -2.00. The van der Waals surface area contributed by atoms with Crippen molar-refractivity contribution in [2.75, 3.05) is 11.9 Å². The zero-order chi connectivity index (χ0) is 15.2. The second-order valence-electron chi connectivity index (χ2n) is 5.06. The average molecular weight is 311 g/mol. The summed E-state index contributed by atoms with van der Waals surface area (Å²) in [6.07, 6.45) is 4.35. The van der Waals surface area contributed by atoms with Crippen molar-refractivity contribution >= 4 is 30.9 Å². The minimum atomic E-state index is -3.95. The highest BCUT2D eigenvalue weighted by atomic mass is 31.2. The van der Waals surface area contributed by atoms with Gasteiger partial charge >= 0.3 is 7.60 Å². The van der Waals surface area contributed by atoms with Crippen molar-refractivity contribution in [1.29, 1.82) is 0 Å². The highest BCUT2D eigenvalue weighted by Gasteiger charge is 2.31. The number of hydrogen-bond acceptors (Lipinski definition) is 5. The summed E-state index contributed by atoms with van der Waals surface area (Å²) in [5, 5.41) is 0. The number of aromatic amines is 1. The van der Waals surface area contributed by atoms with Crippen molar-refractivity contribution < 1.29 is 14.4 Å². The first-order valence-electron chi connectivity index (χ1n) is 6.31. The molecule has 0 aromatic carbocycles. The lowest BCUT2D eigenvalue weighted by atomic mass is 10.3. The lowest BCUT2D eigenvalue weighted by Crippen LogP contribution is -2.11. The number of fused-ring (bicyclic) bond motifs is 1. The predicted molar refractivity (Wildman–Crippen MR) is 76.5 cm³/mol. The number of nitrogen functional groups attached to an aromatic ring is 1. The van der Waals surface area contributed by atoms with Crippen LogP contribution in [0.1, 0.15) is 12.8 Å². The van der Waals surface area contributed by atoms with Gasteiger partial charge in [-0.1, -0.05) is 0 Å². The maximum absolute atomic E-state index is 11.6. The molecule has 2 heterocycles. The van der Waals surface area contributed by atoms with Crippen molar-refractivity contribution in [3.63, 3.8) is 0 Å². The molecule has 0 aliphatic heterocycles. The molecule has 0 radical (unpaired) electrons. The van der Waals surface area contributed by atoms with Crippen LogP contribution >= 0.6 is 7.60 Å². The minimum Gasteiger partial charge on any atom is -0.369 e. The van der Waals surface area contributed by atoms with Crippen LogP contribution in [-0.4, -0.2) is 35.5 Å². The fraction of sp³-hybridized carbons (Fsp3) is 0.364. The van der Waals surface area contributed by atoms with E-state index in [-0.39, 0.29) is 23.5 Å². The summed E-state index contributed by atoms with van der Waals surface area (Å²) in [7, 11) is -3.95. The number of nitrogens with two attached hydrogens (primary N) is 1. The van der Waals surface area contributed by atoms with E-state index in [4.69, 9.17) is 15.5 Å². The van der Waals surface area contributed by atoms with E-state index in [1.54, 1.807) is 10.8 Å². The molecule has 1 fully saturated rings. The van der Waals surface area contributed by atoms with Crippen LogP contribution in [0.2, 0.25) is 0 Å². The molecule has 1 unspecified atom stereocenters. The number of anilines is 1. The van der Waals surface area contributed by atoms with Gasteiger partial charge in [0.25, 0.3) is 5.56 Å². The maximum atomic E-state index is 11.6. The van der Waals surface area contributed by atoms with Gasteiger partial charge in [0.15, 0.2) is 11.2 Å². The van der Waals surface area contributed by atoms with E-state index in [1.807, 2.05) is 0 Å². The molecular weight excluding hydrogens is 297 g/mol. The Hall–Kier alpha value is -1.96. The van der Waals surface area contributed by atoms with Gasteiger partial charge in [-0.3, -0.25) is 18.9 Å². The number of H-pyrrole nitrogens is 1. The standard InChI is InChI=1S/C11H14N5O4P/c12-11-14-9-8(10(17)15-11)13-5-16(9)4-7-3-6(7)1-2-21(18,19)20/h4-6H,1-3H2,(H2,18,19,20)(H3,12,14,15,17)/b7-4-. The van der Waals surface area contributed by atoms with E-state index in [1.165, 1.54) is 6.33 Å². The van der Waals surface area contributed by atoms with Gasteiger partial charge in [-0.2, -0.15) is 4.98 Å². The predicted octanol–water partition coefficient (Wildman–Crippen LogP) is 0.130. The average Bonchev–Trinajstić information content (AvgIpc) is 2.98. The topological polar surface area (TPSA) is 147 Å². The quantitative estimate of drug-likeness (QED) is 0.587. The number of nitrogens with one attached hydrogen (secondary N) is 1. The van der Waals surface area contributed by atoms with Crippen molar-refractivity contribution in [3.8, 4) is 0 Å². The number of imidazole rings is 1. The Morgan fingerprint density at radius 2 is 2.33 bits per heavy atom. The van der Waals surface area contributed by atoms with Crippen LogP contribution in [0.4, 0.5) is 5.95 Å². The number of hydrogen-bond donors (Lipinski definition) is 4. The molecule has 1 aliphatic carbocycles. The van der Waals surface area contributed by atoms with Crippen LogP contribution in [0, 0.1) is 5.92 Å². The van der Waals surface area contributed by atoms with E-state index in [2.05, 4.69) is 15.0 Å². The van der Waals surface area contributed by atoms with E-state index < -0.39 is 13.2 Å². The van der Waals surface area contributed by atoms with Gasteiger partial charge in [-0.25, -0.2) is 4.98 Å². The number of nitrogens with zero attached hydrogens (tertiary/aromatic N) is 3. The second-order valence-corrected chi connectivity index (χ2v) is 6.83. The van der Waals surface area contributed by atoms with Gasteiger partial charge in [-0.15, -0.1) is 0 Å². The zero-order valence-corrected chi connectivity index (χ0v) is 11.8. The third-order valence-corrected chi connectivity index (χ3v) is 4.21. The first-order chi connectivity index (χ1) is 9.83. The Kier molecular flexibility index (Phi) is 3.20. The van der Waals surface area contributed by atoms with Crippen molar-refractivity contribution in [2.24, 2.45) is 5.92 Å². The molecule has 0 amide bonds. The van der Waals surface area contributed by atoms with E-state index in [0.717, 1.165) is 12.0 Å². The third-order valence-electron chi connectivity index (χ3n) is 3.37. The first kappa shape index (κ1) is 14.0. The Morgan fingerprint density at radius 1 is 1.57 bits per heavy atom. The fourth-order valence-electron chi connectivity index (χ4n) is 2.21. The summed E-state index contributed by atoms with van der Waals surface area (Å²) in [6.45, 7) is 0. The van der Waals surface area contributed by atoms with Crippen LogP contribution in [0.5, 0.6) is 0 Å². The van der Waals surface area contributed by atoms with E-state index in [0.29, 0.717) is 12.1 Å². The van der Waals surface area contributed by atoms with Crippen LogP contribution in [0.3, 0.4) is 0 Å². The van der Waals surface area contributed by atoms with Gasteiger partial charge in [-0.05, 0) is 24.3 Å². The molecule has 0 spiro atoms. The third kappa shape index (κ3) is 3.05. The molecule has 1 atom stereocenters. The Labute approximate surface area is 118 Å². The summed E-state index contributed by atoms with van der Waals surface area (Å²) >= 11 is 0. The van der Waals surface area contributed by atoms with Crippen molar-refractivity contribution in [1.82, 2.24) is 19.5 Å². The van der Waals surface area contributed by atoms with Crippen molar-refractivity contribution in [2.45, 2.75) is 12.8 Å². The second kappa shape index (κ2) is 4.80. The lowest BCUT2D eigenvalue weighted by molar-refractivity contribution is 0.370. The molecule has 21 heavy (non-hydrogen) atoms.